The molecule has 0 atom stereocenters. The molecule has 0 amide bonds. The summed E-state index contributed by atoms with van der Waals surface area (Å²) in [4.78, 5) is 0. The maximum Gasteiger partial charge on any atom is 1.00 e. The van der Waals surface area contributed by atoms with Gasteiger partial charge in [0.15, 0.2) is 0 Å². The van der Waals surface area contributed by atoms with E-state index in [1.807, 2.05) is 5.92 Å². The van der Waals surface area contributed by atoms with Crippen LogP contribution in [-0.2, 0) is 0 Å². The van der Waals surface area contributed by atoms with E-state index >= 15 is 0 Å². The van der Waals surface area contributed by atoms with E-state index in [1.54, 1.807) is 0 Å². The fourth-order valence-corrected chi connectivity index (χ4v) is 0.455. The van der Waals surface area contributed by atoms with Crippen LogP contribution in [0.15, 0.2) is 0 Å². The molecule has 5 heavy (non-hydrogen) atoms. The number of hydrogen-bond donors (Lipinski definition) is 0. The van der Waals surface area contributed by atoms with Gasteiger partial charge >= 0.3 is 18.9 Å². The second-order valence-corrected chi connectivity index (χ2v) is 1.76. The van der Waals surface area contributed by atoms with Crippen LogP contribution < -0.4 is 18.9 Å². The van der Waals surface area contributed by atoms with Gasteiger partial charge in [-0.3, -0.25) is 0 Å². The molecule has 0 aliphatic heterocycles. The molecule has 0 aromatic rings. The van der Waals surface area contributed by atoms with Crippen LogP contribution in [0, 0.1) is 11.8 Å². The third-order valence-electron chi connectivity index (χ3n) is 1.27. The Bertz CT molecular complexity index is 39.6. The average molecular weight is 60.0 g/mol. The third kappa shape index (κ3) is 0.420. The first kappa shape index (κ1) is 3.78. The SMILES string of the molecule is C1[C-]2CC12.[Li+]. The van der Waals surface area contributed by atoms with Crippen LogP contribution in [0.5, 0.6) is 0 Å². The molecular formula is C4H5Li. The Balaban J connectivity index is 0.000000125. The fraction of sp³-hybridized carbons (Fsp3) is 0.750. The summed E-state index contributed by atoms with van der Waals surface area (Å²) in [5, 5.41) is 0. The molecule has 22 valence electrons. The molecule has 0 radical (unpaired) electrons. The van der Waals surface area contributed by atoms with Crippen molar-refractivity contribution in [1.29, 1.82) is 0 Å². The molecule has 0 N–H and O–H groups in total. The van der Waals surface area contributed by atoms with Crippen LogP contribution in [0.1, 0.15) is 12.8 Å². The van der Waals surface area contributed by atoms with Crippen molar-refractivity contribution in [2.24, 2.45) is 5.92 Å². The average Bonchev–Trinajstić information content (AvgIpc) is 1.36. The van der Waals surface area contributed by atoms with Gasteiger partial charge in [-0.2, -0.15) is 0 Å². The van der Waals surface area contributed by atoms with E-state index in [4.69, 9.17) is 0 Å². The van der Waals surface area contributed by atoms with E-state index in [9.17, 15) is 0 Å². The maximum atomic E-state index is 1.83. The predicted octanol–water partition coefficient (Wildman–Crippen LogP) is -2.01. The third-order valence-corrected chi connectivity index (χ3v) is 1.27. The van der Waals surface area contributed by atoms with Crippen molar-refractivity contribution >= 4 is 0 Å². The molecule has 0 unspecified atom stereocenters. The molecule has 0 nitrogen and oxygen atoms in total. The smallest absolute Gasteiger partial charge is 0.320 e. The summed E-state index contributed by atoms with van der Waals surface area (Å²) in [5.41, 5.74) is 0. The van der Waals surface area contributed by atoms with E-state index in [0.29, 0.717) is 0 Å². The van der Waals surface area contributed by atoms with E-state index in [2.05, 4.69) is 0 Å². The van der Waals surface area contributed by atoms with Gasteiger partial charge < -0.3 is 5.92 Å². The van der Waals surface area contributed by atoms with Crippen molar-refractivity contribution in [2.75, 3.05) is 0 Å². The van der Waals surface area contributed by atoms with Crippen molar-refractivity contribution in [1.82, 2.24) is 0 Å². The van der Waals surface area contributed by atoms with Gasteiger partial charge in [0.25, 0.3) is 0 Å². The molecule has 2 rings (SSSR count). The van der Waals surface area contributed by atoms with Crippen molar-refractivity contribution in [2.45, 2.75) is 12.8 Å². The minimum atomic E-state index is 0. The van der Waals surface area contributed by atoms with Gasteiger partial charge in [-0.1, -0.05) is 0 Å². The Morgan fingerprint density at radius 1 is 1.40 bits per heavy atom. The summed E-state index contributed by atoms with van der Waals surface area (Å²) < 4.78 is 0. The summed E-state index contributed by atoms with van der Waals surface area (Å²) in [6.45, 7) is 0. The van der Waals surface area contributed by atoms with Gasteiger partial charge in [0.1, 0.15) is 0 Å². The van der Waals surface area contributed by atoms with Gasteiger partial charge in [0.05, 0.1) is 0 Å². The summed E-state index contributed by atoms with van der Waals surface area (Å²) in [7, 11) is 0. The van der Waals surface area contributed by atoms with Gasteiger partial charge in [-0.25, -0.2) is 18.8 Å². The molecule has 0 spiro atoms. The van der Waals surface area contributed by atoms with Gasteiger partial charge in [0.2, 0.25) is 0 Å². The Kier molecular flexibility index (Phi) is 0.608. The molecule has 2 aliphatic carbocycles. The first-order valence-electron chi connectivity index (χ1n) is 1.81. The van der Waals surface area contributed by atoms with Crippen molar-refractivity contribution in [3.8, 4) is 0 Å². The van der Waals surface area contributed by atoms with E-state index in [0.717, 1.165) is 0 Å². The molecule has 1 heteroatoms. The molecule has 0 heterocycles. The quantitative estimate of drug-likeness (QED) is 0.224. The Labute approximate surface area is 44.1 Å². The first-order valence-corrected chi connectivity index (χ1v) is 1.81. The zero-order valence-electron chi connectivity index (χ0n) is 3.49. The Morgan fingerprint density at radius 3 is 1.60 bits per heavy atom. The van der Waals surface area contributed by atoms with Gasteiger partial charge in [-0.05, 0) is 0 Å². The zero-order chi connectivity index (χ0) is 2.57. The van der Waals surface area contributed by atoms with Crippen molar-refractivity contribution in [3.05, 3.63) is 5.92 Å². The molecule has 2 fully saturated rings. The molecular weight excluding hydrogens is 55.0 g/mol. The van der Waals surface area contributed by atoms with Crippen LogP contribution in [0.2, 0.25) is 0 Å². The van der Waals surface area contributed by atoms with Crippen LogP contribution >= 0.6 is 0 Å². The van der Waals surface area contributed by atoms with Crippen LogP contribution in [0.25, 0.3) is 0 Å². The largest absolute Gasteiger partial charge is 1.00 e. The van der Waals surface area contributed by atoms with Crippen LogP contribution in [0.4, 0.5) is 0 Å². The van der Waals surface area contributed by atoms with Crippen molar-refractivity contribution in [3.63, 3.8) is 0 Å². The minimum absolute atomic E-state index is 0. The number of hydrogen-bond acceptors (Lipinski definition) is 0. The first-order chi connectivity index (χ1) is 1.97. The summed E-state index contributed by atoms with van der Waals surface area (Å²) in [6.07, 6.45) is 3.00. The summed E-state index contributed by atoms with van der Waals surface area (Å²) in [6, 6.07) is 0. The number of rotatable bonds is 0. The van der Waals surface area contributed by atoms with E-state index < -0.39 is 0 Å². The molecule has 0 saturated heterocycles. The molecule has 0 aromatic heterocycles. The standard InChI is InChI=1S/C4H5.Li/c1-3-2-4(1)3;/h3H,1-2H2;/q-1;+1. The second-order valence-electron chi connectivity index (χ2n) is 1.76. The topological polar surface area (TPSA) is 0 Å². The number of fused-ring (bicyclic) bond motifs is 1. The summed E-state index contributed by atoms with van der Waals surface area (Å²) in [5.74, 6) is 3.00. The maximum absolute atomic E-state index is 1.83. The zero-order valence-corrected chi connectivity index (χ0v) is 3.49. The predicted molar refractivity (Wildman–Crippen MR) is 16.0 cm³/mol. The molecule has 0 bridgehead atoms. The molecule has 0 aromatic carbocycles. The van der Waals surface area contributed by atoms with Crippen molar-refractivity contribution < 1.29 is 18.9 Å². The Hall–Kier alpha value is 0.597. The molecule has 2 saturated carbocycles. The second kappa shape index (κ2) is 0.805. The Morgan fingerprint density at radius 2 is 1.60 bits per heavy atom. The van der Waals surface area contributed by atoms with Crippen LogP contribution in [0.3, 0.4) is 0 Å². The summed E-state index contributed by atoms with van der Waals surface area (Å²) >= 11 is 0. The van der Waals surface area contributed by atoms with E-state index in [1.165, 1.54) is 18.8 Å². The monoisotopic (exact) mass is 60.1 g/mol. The van der Waals surface area contributed by atoms with E-state index in [-0.39, 0.29) is 18.9 Å². The minimum Gasteiger partial charge on any atom is -0.320 e. The van der Waals surface area contributed by atoms with Gasteiger partial charge in [-0.15, -0.1) is 0 Å². The normalized spacial score (nSPS) is 31.2. The van der Waals surface area contributed by atoms with Crippen LogP contribution in [-0.4, -0.2) is 0 Å². The molecule has 2 aliphatic rings. The fourth-order valence-electron chi connectivity index (χ4n) is 0.455. The van der Waals surface area contributed by atoms with Gasteiger partial charge in [0, 0.05) is 0 Å².